The number of carbonyl (C=O) groups is 1. The molecule has 84 valence electrons. The molecule has 0 amide bonds. The standard InChI is InChI=1S/C10H21NO3/c1-8(7-12)4-3-5-11-6-9(2)10(13)14/h8-9,11-12H,3-7H2,1-2H3,(H,13,14). The zero-order valence-corrected chi connectivity index (χ0v) is 8.99. The maximum atomic E-state index is 10.4. The van der Waals surface area contributed by atoms with E-state index in [0.717, 1.165) is 19.4 Å². The van der Waals surface area contributed by atoms with Crippen molar-refractivity contribution < 1.29 is 15.0 Å². The van der Waals surface area contributed by atoms with Gasteiger partial charge in [-0.1, -0.05) is 13.8 Å². The highest BCUT2D eigenvalue weighted by molar-refractivity contribution is 5.69. The minimum atomic E-state index is -0.763. The zero-order chi connectivity index (χ0) is 11.0. The van der Waals surface area contributed by atoms with Crippen LogP contribution in [0.3, 0.4) is 0 Å². The SMILES string of the molecule is CC(CO)CCCNCC(C)C(=O)O. The van der Waals surface area contributed by atoms with E-state index < -0.39 is 5.97 Å². The third-order valence-electron chi connectivity index (χ3n) is 2.23. The van der Waals surface area contributed by atoms with Crippen molar-refractivity contribution in [3.63, 3.8) is 0 Å². The van der Waals surface area contributed by atoms with E-state index in [1.165, 1.54) is 0 Å². The number of aliphatic hydroxyl groups excluding tert-OH is 1. The number of carboxylic acids is 1. The van der Waals surface area contributed by atoms with Crippen molar-refractivity contribution in [2.45, 2.75) is 26.7 Å². The van der Waals surface area contributed by atoms with Crippen molar-refractivity contribution in [3.8, 4) is 0 Å². The molecule has 0 aliphatic carbocycles. The summed E-state index contributed by atoms with van der Waals surface area (Å²) < 4.78 is 0. The van der Waals surface area contributed by atoms with Crippen LogP contribution >= 0.6 is 0 Å². The molecule has 0 aromatic rings. The predicted molar refractivity (Wildman–Crippen MR) is 55.2 cm³/mol. The summed E-state index contributed by atoms with van der Waals surface area (Å²) in [6, 6.07) is 0. The third kappa shape index (κ3) is 6.86. The Kier molecular flexibility index (Phi) is 7.42. The van der Waals surface area contributed by atoms with E-state index in [1.807, 2.05) is 6.92 Å². The zero-order valence-electron chi connectivity index (χ0n) is 8.99. The van der Waals surface area contributed by atoms with Crippen LogP contribution in [0.4, 0.5) is 0 Å². The minimum absolute atomic E-state index is 0.228. The van der Waals surface area contributed by atoms with Crippen LogP contribution in [0.1, 0.15) is 26.7 Å². The van der Waals surface area contributed by atoms with E-state index in [1.54, 1.807) is 6.92 Å². The van der Waals surface area contributed by atoms with Crippen LogP contribution in [0.25, 0.3) is 0 Å². The van der Waals surface area contributed by atoms with Gasteiger partial charge in [-0.2, -0.15) is 0 Å². The van der Waals surface area contributed by atoms with Gasteiger partial charge in [-0.05, 0) is 25.3 Å². The molecule has 3 N–H and O–H groups in total. The molecule has 0 fully saturated rings. The Morgan fingerprint density at radius 2 is 2.07 bits per heavy atom. The summed E-state index contributed by atoms with van der Waals surface area (Å²) in [5.41, 5.74) is 0. The van der Waals surface area contributed by atoms with Gasteiger partial charge in [0.1, 0.15) is 0 Å². The highest BCUT2D eigenvalue weighted by Crippen LogP contribution is 2.02. The number of carboxylic acid groups (broad SMARTS) is 1. The molecule has 0 aliphatic rings. The molecule has 0 bridgehead atoms. The molecule has 4 nitrogen and oxygen atoms in total. The average molecular weight is 203 g/mol. The van der Waals surface area contributed by atoms with E-state index in [9.17, 15) is 4.79 Å². The van der Waals surface area contributed by atoms with Gasteiger partial charge in [-0.25, -0.2) is 0 Å². The molecule has 0 aliphatic heterocycles. The lowest BCUT2D eigenvalue weighted by atomic mass is 10.1. The van der Waals surface area contributed by atoms with Crippen LogP contribution in [0.15, 0.2) is 0 Å². The number of nitrogens with one attached hydrogen (secondary N) is 1. The van der Waals surface area contributed by atoms with E-state index >= 15 is 0 Å². The fraction of sp³-hybridized carbons (Fsp3) is 0.900. The summed E-state index contributed by atoms with van der Waals surface area (Å²) >= 11 is 0. The van der Waals surface area contributed by atoms with Crippen molar-refractivity contribution >= 4 is 5.97 Å². The van der Waals surface area contributed by atoms with Crippen molar-refractivity contribution in [1.29, 1.82) is 0 Å². The first-order valence-corrected chi connectivity index (χ1v) is 5.12. The van der Waals surface area contributed by atoms with E-state index in [2.05, 4.69) is 5.32 Å². The highest BCUT2D eigenvalue weighted by atomic mass is 16.4. The Balaban J connectivity index is 3.25. The van der Waals surface area contributed by atoms with Gasteiger partial charge in [0.05, 0.1) is 5.92 Å². The first kappa shape index (κ1) is 13.4. The summed E-state index contributed by atoms with van der Waals surface area (Å²) in [5, 5.41) is 20.4. The van der Waals surface area contributed by atoms with Gasteiger partial charge in [0.25, 0.3) is 0 Å². The van der Waals surface area contributed by atoms with Crippen molar-refractivity contribution in [2.24, 2.45) is 11.8 Å². The molecule has 0 radical (unpaired) electrons. The Morgan fingerprint density at radius 1 is 1.43 bits per heavy atom. The topological polar surface area (TPSA) is 69.6 Å². The molecule has 0 spiro atoms. The summed E-state index contributed by atoms with van der Waals surface area (Å²) in [5.74, 6) is -0.750. The van der Waals surface area contributed by atoms with Crippen molar-refractivity contribution in [2.75, 3.05) is 19.7 Å². The molecule has 0 aromatic heterocycles. The second-order valence-corrected chi connectivity index (χ2v) is 3.87. The molecule has 2 atom stereocenters. The largest absolute Gasteiger partial charge is 0.481 e. The van der Waals surface area contributed by atoms with Gasteiger partial charge >= 0.3 is 5.97 Å². The van der Waals surface area contributed by atoms with Crippen LogP contribution < -0.4 is 5.32 Å². The molecule has 0 heterocycles. The summed E-state index contributed by atoms with van der Waals surface area (Å²) in [6.45, 7) is 5.25. The van der Waals surface area contributed by atoms with Crippen molar-refractivity contribution in [1.82, 2.24) is 5.32 Å². The third-order valence-corrected chi connectivity index (χ3v) is 2.23. The molecule has 2 unspecified atom stereocenters. The second-order valence-electron chi connectivity index (χ2n) is 3.87. The van der Waals surface area contributed by atoms with Gasteiger partial charge in [-0.3, -0.25) is 4.79 Å². The molecule has 0 aromatic carbocycles. The maximum Gasteiger partial charge on any atom is 0.307 e. The van der Waals surface area contributed by atoms with Gasteiger partial charge < -0.3 is 15.5 Å². The first-order valence-electron chi connectivity index (χ1n) is 5.12. The van der Waals surface area contributed by atoms with Gasteiger partial charge in [0, 0.05) is 13.2 Å². The quantitative estimate of drug-likeness (QED) is 0.508. The van der Waals surface area contributed by atoms with Crippen LogP contribution in [-0.2, 0) is 4.79 Å². The molecule has 14 heavy (non-hydrogen) atoms. The monoisotopic (exact) mass is 203 g/mol. The molecular weight excluding hydrogens is 182 g/mol. The normalized spacial score (nSPS) is 15.1. The summed E-state index contributed by atoms with van der Waals surface area (Å²) in [4.78, 5) is 10.4. The molecular formula is C10H21NO3. The lowest BCUT2D eigenvalue weighted by Gasteiger charge is -2.10. The molecule has 0 rings (SSSR count). The van der Waals surface area contributed by atoms with Crippen LogP contribution in [0.2, 0.25) is 0 Å². The Morgan fingerprint density at radius 3 is 2.57 bits per heavy atom. The number of aliphatic hydroxyl groups is 1. The van der Waals surface area contributed by atoms with Crippen LogP contribution in [0, 0.1) is 11.8 Å². The Hall–Kier alpha value is -0.610. The lowest BCUT2D eigenvalue weighted by Crippen LogP contribution is -2.27. The number of rotatable bonds is 8. The maximum absolute atomic E-state index is 10.4. The second kappa shape index (κ2) is 7.76. The fourth-order valence-corrected chi connectivity index (χ4v) is 1.07. The Bertz CT molecular complexity index is 161. The van der Waals surface area contributed by atoms with Gasteiger partial charge in [0.2, 0.25) is 0 Å². The number of aliphatic carboxylic acids is 1. The molecule has 0 saturated heterocycles. The van der Waals surface area contributed by atoms with Gasteiger partial charge in [0.15, 0.2) is 0 Å². The Labute approximate surface area is 85.3 Å². The smallest absolute Gasteiger partial charge is 0.307 e. The summed E-state index contributed by atoms with van der Waals surface area (Å²) in [6.07, 6.45) is 1.96. The molecule has 0 saturated carbocycles. The van der Waals surface area contributed by atoms with E-state index in [4.69, 9.17) is 10.2 Å². The van der Waals surface area contributed by atoms with Crippen LogP contribution in [0.5, 0.6) is 0 Å². The average Bonchev–Trinajstić information content (AvgIpc) is 2.16. The van der Waals surface area contributed by atoms with E-state index in [-0.39, 0.29) is 12.5 Å². The van der Waals surface area contributed by atoms with Crippen LogP contribution in [-0.4, -0.2) is 35.9 Å². The first-order chi connectivity index (χ1) is 6.57. The lowest BCUT2D eigenvalue weighted by molar-refractivity contribution is -0.140. The summed E-state index contributed by atoms with van der Waals surface area (Å²) in [7, 11) is 0. The van der Waals surface area contributed by atoms with Crippen molar-refractivity contribution in [3.05, 3.63) is 0 Å². The fourth-order valence-electron chi connectivity index (χ4n) is 1.07. The van der Waals surface area contributed by atoms with E-state index in [0.29, 0.717) is 12.5 Å². The highest BCUT2D eigenvalue weighted by Gasteiger charge is 2.09. The number of hydrogen-bond acceptors (Lipinski definition) is 3. The predicted octanol–water partition coefficient (Wildman–Crippen LogP) is 0.705. The molecule has 4 heteroatoms. The number of hydrogen-bond donors (Lipinski definition) is 3. The van der Waals surface area contributed by atoms with Gasteiger partial charge in [-0.15, -0.1) is 0 Å². The minimum Gasteiger partial charge on any atom is -0.481 e.